The summed E-state index contributed by atoms with van der Waals surface area (Å²) in [4.78, 5) is 32.1. The van der Waals surface area contributed by atoms with Crippen LogP contribution in [-0.2, 0) is 14.3 Å². The Balaban J connectivity index is 1.79. The molecular weight excluding hydrogens is 448 g/mol. The van der Waals surface area contributed by atoms with Crippen LogP contribution in [0.3, 0.4) is 0 Å². The maximum Gasteiger partial charge on any atom is 0.338 e. The van der Waals surface area contributed by atoms with Crippen LogP contribution in [0.25, 0.3) is 0 Å². The number of benzene rings is 2. The van der Waals surface area contributed by atoms with Crippen molar-refractivity contribution in [1.82, 2.24) is 5.32 Å². The van der Waals surface area contributed by atoms with E-state index in [0.29, 0.717) is 16.4 Å². The monoisotopic (exact) mass is 480 g/mol. The van der Waals surface area contributed by atoms with Gasteiger partial charge in [0.1, 0.15) is 6.04 Å². The highest BCUT2D eigenvalue weighted by Crippen LogP contribution is 2.33. The molecule has 0 bridgehead atoms. The number of hydrogen-bond acceptors (Lipinski definition) is 7. The van der Waals surface area contributed by atoms with E-state index in [1.165, 1.54) is 11.8 Å². The molecule has 1 heterocycles. The Bertz CT molecular complexity index is 1120. The fraction of sp³-hybridized carbons (Fsp3) is 0.346. The highest BCUT2D eigenvalue weighted by atomic mass is 32.2. The van der Waals surface area contributed by atoms with Crippen molar-refractivity contribution in [3.63, 3.8) is 0 Å². The van der Waals surface area contributed by atoms with Gasteiger partial charge in [0.2, 0.25) is 5.91 Å². The molecule has 7 nitrogen and oxygen atoms in total. The normalized spacial score (nSPS) is 15.4. The molecule has 0 saturated carbocycles. The van der Waals surface area contributed by atoms with Gasteiger partial charge >= 0.3 is 5.97 Å². The van der Waals surface area contributed by atoms with Crippen LogP contribution in [0.2, 0.25) is 0 Å². The van der Waals surface area contributed by atoms with Gasteiger partial charge in [0, 0.05) is 31.2 Å². The molecule has 180 valence electrons. The van der Waals surface area contributed by atoms with Gasteiger partial charge in [0.15, 0.2) is 5.17 Å². The van der Waals surface area contributed by atoms with Gasteiger partial charge in [-0.2, -0.15) is 0 Å². The Hall–Kier alpha value is -3.26. The van der Waals surface area contributed by atoms with Crippen molar-refractivity contribution in [3.05, 3.63) is 70.4 Å². The number of nitrogens with zero attached hydrogens (tertiary/aromatic N) is 2. The molecule has 0 aliphatic carbocycles. The van der Waals surface area contributed by atoms with Gasteiger partial charge in [-0.05, 0) is 62.6 Å². The van der Waals surface area contributed by atoms with E-state index in [2.05, 4.69) is 10.6 Å². The van der Waals surface area contributed by atoms with Crippen LogP contribution in [0.1, 0.15) is 36.6 Å². The van der Waals surface area contributed by atoms with Crippen LogP contribution < -0.4 is 15.5 Å². The molecule has 0 aromatic heterocycles. The Morgan fingerprint density at radius 2 is 1.82 bits per heavy atom. The van der Waals surface area contributed by atoms with Crippen LogP contribution in [0.15, 0.2) is 58.7 Å². The fourth-order valence-electron chi connectivity index (χ4n) is 3.58. The number of nitrogens with one attached hydrogen (secondary N) is 2. The van der Waals surface area contributed by atoms with Crippen molar-refractivity contribution in [3.8, 4) is 0 Å². The lowest BCUT2D eigenvalue weighted by Gasteiger charge is -2.26. The van der Waals surface area contributed by atoms with Crippen molar-refractivity contribution in [1.29, 1.82) is 0 Å². The number of ether oxygens (including phenoxy) is 1. The van der Waals surface area contributed by atoms with Gasteiger partial charge < -0.3 is 20.3 Å². The lowest BCUT2D eigenvalue weighted by atomic mass is 9.96. The van der Waals surface area contributed by atoms with E-state index in [0.717, 1.165) is 28.1 Å². The molecule has 8 heteroatoms. The van der Waals surface area contributed by atoms with E-state index in [4.69, 9.17) is 9.73 Å². The second-order valence-electron chi connectivity index (χ2n) is 8.36. The molecule has 2 N–H and O–H groups in total. The number of amides is 1. The standard InChI is InChI=1S/C26H32N4O3S/c1-7-33-25(32)23-18(4)27-26(29-24(23)19-10-12-20(13-11-19)30(5)6)34-15-22(31)28-21-14-16(2)8-9-17(21)3/h8-14,24H,7,15H2,1-6H3,(H,27,29)(H,28,31)/t24-/m1/s1. The minimum atomic E-state index is -0.513. The van der Waals surface area contributed by atoms with E-state index >= 15 is 0 Å². The van der Waals surface area contributed by atoms with E-state index in [1.54, 1.807) is 6.92 Å². The number of carbonyl (C=O) groups excluding carboxylic acids is 2. The number of carbonyl (C=O) groups is 2. The minimum absolute atomic E-state index is 0.118. The van der Waals surface area contributed by atoms with Gasteiger partial charge in [-0.1, -0.05) is 36.0 Å². The number of rotatable bonds is 7. The van der Waals surface area contributed by atoms with E-state index < -0.39 is 12.0 Å². The van der Waals surface area contributed by atoms with E-state index in [-0.39, 0.29) is 18.3 Å². The third-order valence-electron chi connectivity index (χ3n) is 5.45. The summed E-state index contributed by atoms with van der Waals surface area (Å²) in [6.07, 6.45) is 0. The van der Waals surface area contributed by atoms with Gasteiger partial charge in [0.05, 0.1) is 17.9 Å². The summed E-state index contributed by atoms with van der Waals surface area (Å²) < 4.78 is 5.30. The average Bonchev–Trinajstić information content (AvgIpc) is 2.80. The molecule has 0 saturated heterocycles. The fourth-order valence-corrected chi connectivity index (χ4v) is 4.33. The quantitative estimate of drug-likeness (QED) is 0.565. The first-order valence-corrected chi connectivity index (χ1v) is 12.2. The molecule has 1 amide bonds. The molecule has 2 aromatic rings. The van der Waals surface area contributed by atoms with Crippen molar-refractivity contribution < 1.29 is 14.3 Å². The lowest BCUT2D eigenvalue weighted by Crippen LogP contribution is -2.31. The molecule has 0 unspecified atom stereocenters. The number of amidine groups is 1. The number of allylic oxidation sites excluding steroid dienone is 1. The van der Waals surface area contributed by atoms with Crippen LogP contribution >= 0.6 is 11.8 Å². The number of esters is 1. The highest BCUT2D eigenvalue weighted by Gasteiger charge is 2.30. The Labute approximate surface area is 205 Å². The molecule has 34 heavy (non-hydrogen) atoms. The van der Waals surface area contributed by atoms with Crippen molar-refractivity contribution in [2.45, 2.75) is 33.7 Å². The molecule has 1 atom stereocenters. The van der Waals surface area contributed by atoms with Gasteiger partial charge in [0.25, 0.3) is 0 Å². The second-order valence-corrected chi connectivity index (χ2v) is 9.33. The first-order chi connectivity index (χ1) is 16.2. The molecule has 2 aromatic carbocycles. The zero-order valence-corrected chi connectivity index (χ0v) is 21.4. The Kier molecular flexibility index (Phi) is 8.39. The van der Waals surface area contributed by atoms with Crippen LogP contribution in [-0.4, -0.2) is 43.5 Å². The van der Waals surface area contributed by atoms with Gasteiger partial charge in [-0.3, -0.25) is 4.79 Å². The molecule has 0 spiro atoms. The average molecular weight is 481 g/mol. The highest BCUT2D eigenvalue weighted by molar-refractivity contribution is 8.14. The zero-order valence-electron chi connectivity index (χ0n) is 20.6. The first kappa shape index (κ1) is 25.4. The summed E-state index contributed by atoms with van der Waals surface area (Å²) >= 11 is 1.30. The second kappa shape index (κ2) is 11.2. The van der Waals surface area contributed by atoms with Crippen molar-refractivity contribution >= 4 is 40.2 Å². The molecular formula is C26H32N4O3S. The van der Waals surface area contributed by atoms with Crippen LogP contribution in [0, 0.1) is 13.8 Å². The summed E-state index contributed by atoms with van der Waals surface area (Å²) in [5, 5.41) is 6.74. The number of thioether (sulfide) groups is 1. The summed E-state index contributed by atoms with van der Waals surface area (Å²) in [7, 11) is 3.95. The van der Waals surface area contributed by atoms with Crippen LogP contribution in [0.4, 0.5) is 11.4 Å². The van der Waals surface area contributed by atoms with E-state index in [9.17, 15) is 9.59 Å². The minimum Gasteiger partial charge on any atom is -0.463 e. The summed E-state index contributed by atoms with van der Waals surface area (Å²) in [5.41, 5.74) is 5.99. The summed E-state index contributed by atoms with van der Waals surface area (Å²) in [6.45, 7) is 7.85. The summed E-state index contributed by atoms with van der Waals surface area (Å²) in [5.74, 6) is -0.324. The molecule has 1 aliphatic rings. The first-order valence-electron chi connectivity index (χ1n) is 11.2. The maximum atomic E-state index is 12.7. The van der Waals surface area contributed by atoms with Crippen molar-refractivity contribution in [2.75, 3.05) is 36.7 Å². The molecule has 1 aliphatic heterocycles. The Morgan fingerprint density at radius 1 is 1.12 bits per heavy atom. The molecule has 3 rings (SSSR count). The maximum absolute atomic E-state index is 12.7. The molecule has 0 fully saturated rings. The number of aryl methyl sites for hydroxylation is 2. The summed E-state index contributed by atoms with van der Waals surface area (Å²) in [6, 6.07) is 13.4. The topological polar surface area (TPSA) is 83.0 Å². The number of aliphatic imine (C=N–C) groups is 1. The number of hydrogen-bond donors (Lipinski definition) is 2. The van der Waals surface area contributed by atoms with E-state index in [1.807, 2.05) is 82.2 Å². The largest absolute Gasteiger partial charge is 0.463 e. The SMILES string of the molecule is CCOC(=O)C1=C(C)NC(SCC(=O)Nc2cc(C)ccc2C)=N[C@@H]1c1ccc(N(C)C)cc1. The number of anilines is 2. The zero-order chi connectivity index (χ0) is 24.8. The smallest absolute Gasteiger partial charge is 0.338 e. The van der Waals surface area contributed by atoms with Gasteiger partial charge in [-0.25, -0.2) is 9.79 Å². The van der Waals surface area contributed by atoms with Gasteiger partial charge in [-0.15, -0.1) is 0 Å². The Morgan fingerprint density at radius 3 is 2.47 bits per heavy atom. The molecule has 0 radical (unpaired) electrons. The van der Waals surface area contributed by atoms with Crippen molar-refractivity contribution in [2.24, 2.45) is 4.99 Å². The predicted molar refractivity (Wildman–Crippen MR) is 140 cm³/mol. The van der Waals surface area contributed by atoms with Crippen LogP contribution in [0.5, 0.6) is 0 Å². The third kappa shape index (κ3) is 6.20. The predicted octanol–water partition coefficient (Wildman–Crippen LogP) is 4.58. The lowest BCUT2D eigenvalue weighted by molar-refractivity contribution is -0.139. The third-order valence-corrected chi connectivity index (χ3v) is 6.33.